The maximum absolute atomic E-state index is 2.56. The van der Waals surface area contributed by atoms with Gasteiger partial charge in [-0.25, -0.2) is 0 Å². The third-order valence-corrected chi connectivity index (χ3v) is 23.8. The Labute approximate surface area is 493 Å². The Morgan fingerprint density at radius 3 is 1.09 bits per heavy atom. The van der Waals surface area contributed by atoms with Crippen molar-refractivity contribution < 1.29 is 0 Å². The fourth-order valence-electron chi connectivity index (χ4n) is 18.5. The van der Waals surface area contributed by atoms with Crippen LogP contribution in [0.5, 0.6) is 0 Å². The van der Waals surface area contributed by atoms with Crippen LogP contribution in [0.4, 0.5) is 0 Å². The Bertz CT molecular complexity index is 3000. The fourth-order valence-corrected chi connectivity index (χ4v) is 18.5. The summed E-state index contributed by atoms with van der Waals surface area (Å²) in [5, 5.41) is 5.48. The standard InChI is InChI=1S/C17H22.C17H20.C17H24.C16H18.C14H20/c1-17(14-5-3-2-4-6-14)15-8-12-7-13(10-15)11-16(17)9-12;1-17(11-5-2-6-12-17)16-10-9-14-7-3-4-8-15(14)13-16;1-17(16-9-3-2-4-10-16)12-11-14-7-5-6-8-15(14)13-17;1-16(10-4-5-11-16)15-9-8-13-6-2-3-7-14(13)12-15;1-14(11-7-2-3-8-12-14)13-9-5-4-6-10-13/h2-6,12-13,15-16H,7-11H2,1H3;3-4,7-10,13H,2,5-6,11-12H2,1H3;2-4,9-10,14-15H,5-8,11-13H2,1H3;2-3,6-9,12H,4-5,10-11H2,1H3;4-6,9-10H,2-3,7-8,11-12H2,1H3. The molecule has 3 unspecified atom stereocenters. The highest BCUT2D eigenvalue weighted by molar-refractivity contribution is 5.84. The van der Waals surface area contributed by atoms with Crippen LogP contribution in [0.15, 0.2) is 176 Å². The van der Waals surface area contributed by atoms with E-state index >= 15 is 0 Å². The highest BCUT2D eigenvalue weighted by atomic mass is 14.6. The van der Waals surface area contributed by atoms with Gasteiger partial charge in [-0.1, -0.05) is 294 Å². The molecule has 9 saturated carbocycles. The first kappa shape index (κ1) is 57.9. The molecule has 3 atom stereocenters. The summed E-state index contributed by atoms with van der Waals surface area (Å²) in [6.07, 6.45) is 38.7. The Balaban J connectivity index is 0.000000107. The van der Waals surface area contributed by atoms with E-state index in [-0.39, 0.29) is 0 Å². The summed E-state index contributed by atoms with van der Waals surface area (Å²) in [5.74, 6) is 6.18. The molecule has 0 N–H and O–H groups in total. The predicted molar refractivity (Wildman–Crippen MR) is 350 cm³/mol. The SMILES string of the molecule is CC1(c2ccc3ccccc3c2)CCCC1.CC1(c2ccc3ccccc3c2)CCCCC1.CC1(c2ccccc2)C2CC3CC(C2)CC1C3.CC1(c2ccccc2)CCC2CCCCC2C1.CC1(c2ccccc2)CCCCCC1. The summed E-state index contributed by atoms with van der Waals surface area (Å²) in [7, 11) is 0. The van der Waals surface area contributed by atoms with E-state index in [0.717, 1.165) is 35.5 Å². The molecular weight excluding hydrogens is 973 g/mol. The van der Waals surface area contributed by atoms with E-state index in [4.69, 9.17) is 0 Å². The summed E-state index contributed by atoms with van der Waals surface area (Å²) in [6.45, 7) is 12.4. The fraction of sp³-hybridized carbons (Fsp3) is 0.531. The molecule has 0 radical (unpaired) electrons. The van der Waals surface area contributed by atoms with Crippen molar-refractivity contribution in [3.63, 3.8) is 0 Å². The van der Waals surface area contributed by atoms with Gasteiger partial charge in [0, 0.05) is 0 Å². The van der Waals surface area contributed by atoms with E-state index in [9.17, 15) is 0 Å². The molecule has 16 rings (SSSR count). The van der Waals surface area contributed by atoms with Gasteiger partial charge >= 0.3 is 0 Å². The average Bonchev–Trinajstić information content (AvgIpc) is 3.93. The summed E-state index contributed by atoms with van der Waals surface area (Å²) < 4.78 is 0. The second-order valence-corrected chi connectivity index (χ2v) is 29.3. The first-order valence-electron chi connectivity index (χ1n) is 33.6. The van der Waals surface area contributed by atoms with E-state index in [0.29, 0.717) is 27.1 Å². The second-order valence-electron chi connectivity index (χ2n) is 29.3. The quantitative estimate of drug-likeness (QED) is 0.151. The molecular formula is C81H104. The Kier molecular flexibility index (Phi) is 18.5. The van der Waals surface area contributed by atoms with Crippen LogP contribution in [0.1, 0.15) is 236 Å². The lowest BCUT2D eigenvalue weighted by Crippen LogP contribution is -2.53. The largest absolute Gasteiger partial charge is 0.0622 e. The molecule has 0 aromatic heterocycles. The van der Waals surface area contributed by atoms with Gasteiger partial charge in [-0.2, -0.15) is 0 Å². The molecule has 428 valence electrons. The molecule has 9 aliphatic rings. The van der Waals surface area contributed by atoms with Crippen LogP contribution in [0.2, 0.25) is 0 Å². The molecule has 9 fully saturated rings. The molecule has 7 aromatic carbocycles. The van der Waals surface area contributed by atoms with Crippen molar-refractivity contribution >= 4 is 21.5 Å². The lowest BCUT2D eigenvalue weighted by molar-refractivity contribution is -0.0523. The molecule has 0 heterocycles. The molecule has 9 aliphatic carbocycles. The summed E-state index contributed by atoms with van der Waals surface area (Å²) in [5.41, 5.74) is 10.1. The zero-order chi connectivity index (χ0) is 55.8. The number of benzene rings is 7. The van der Waals surface area contributed by atoms with E-state index in [1.807, 2.05) is 0 Å². The lowest BCUT2D eigenvalue weighted by atomic mass is 9.44. The normalized spacial score (nSPS) is 29.3. The molecule has 7 aromatic rings. The molecule has 0 aliphatic heterocycles. The molecule has 0 saturated heterocycles. The first-order valence-corrected chi connectivity index (χ1v) is 33.6. The summed E-state index contributed by atoms with van der Waals surface area (Å²) in [4.78, 5) is 0. The third-order valence-electron chi connectivity index (χ3n) is 23.8. The van der Waals surface area contributed by atoms with Crippen LogP contribution in [0, 0.1) is 35.5 Å². The highest BCUT2D eigenvalue weighted by Crippen LogP contribution is 2.63. The van der Waals surface area contributed by atoms with Crippen molar-refractivity contribution in [3.05, 3.63) is 204 Å². The number of hydrogen-bond acceptors (Lipinski definition) is 0. The van der Waals surface area contributed by atoms with Crippen LogP contribution in [-0.4, -0.2) is 0 Å². The van der Waals surface area contributed by atoms with Crippen LogP contribution in [-0.2, 0) is 27.1 Å². The number of hydrogen-bond donors (Lipinski definition) is 0. The van der Waals surface area contributed by atoms with Crippen molar-refractivity contribution in [2.45, 2.75) is 235 Å². The van der Waals surface area contributed by atoms with E-state index < -0.39 is 0 Å². The van der Waals surface area contributed by atoms with Gasteiger partial charge in [0.25, 0.3) is 0 Å². The van der Waals surface area contributed by atoms with Gasteiger partial charge in [-0.15, -0.1) is 0 Å². The number of rotatable bonds is 5. The zero-order valence-corrected chi connectivity index (χ0v) is 51.3. The highest BCUT2D eigenvalue weighted by Gasteiger charge is 2.55. The average molecular weight is 1080 g/mol. The summed E-state index contributed by atoms with van der Waals surface area (Å²) >= 11 is 0. The maximum atomic E-state index is 2.56. The van der Waals surface area contributed by atoms with Gasteiger partial charge in [-0.05, 0) is 202 Å². The predicted octanol–water partition coefficient (Wildman–Crippen LogP) is 23.4. The van der Waals surface area contributed by atoms with Crippen LogP contribution in [0.3, 0.4) is 0 Å². The Hall–Kier alpha value is -4.94. The van der Waals surface area contributed by atoms with Gasteiger partial charge in [0.2, 0.25) is 0 Å². The van der Waals surface area contributed by atoms with Crippen molar-refractivity contribution in [2.24, 2.45) is 35.5 Å². The smallest absolute Gasteiger partial charge is 0.00184 e. The first-order chi connectivity index (χ1) is 39.4. The molecule has 0 heteroatoms. The van der Waals surface area contributed by atoms with Crippen LogP contribution < -0.4 is 0 Å². The van der Waals surface area contributed by atoms with E-state index in [1.165, 1.54) is 200 Å². The van der Waals surface area contributed by atoms with Crippen LogP contribution >= 0.6 is 0 Å². The minimum absolute atomic E-state index is 0.419. The topological polar surface area (TPSA) is 0 Å². The zero-order valence-electron chi connectivity index (χ0n) is 51.3. The molecule has 0 amide bonds. The molecule has 0 nitrogen and oxygen atoms in total. The lowest BCUT2D eigenvalue weighted by Gasteiger charge is -2.60. The Morgan fingerprint density at radius 1 is 0.272 bits per heavy atom. The molecule has 4 bridgehead atoms. The van der Waals surface area contributed by atoms with Crippen molar-refractivity contribution in [1.82, 2.24) is 0 Å². The van der Waals surface area contributed by atoms with Gasteiger partial charge in [0.15, 0.2) is 0 Å². The van der Waals surface area contributed by atoms with Gasteiger partial charge in [-0.3, -0.25) is 0 Å². The minimum atomic E-state index is 0.419. The third kappa shape index (κ3) is 13.4. The van der Waals surface area contributed by atoms with Gasteiger partial charge in [0.05, 0.1) is 0 Å². The van der Waals surface area contributed by atoms with E-state index in [2.05, 4.69) is 211 Å². The van der Waals surface area contributed by atoms with Crippen LogP contribution in [0.25, 0.3) is 21.5 Å². The van der Waals surface area contributed by atoms with Gasteiger partial charge in [0.1, 0.15) is 0 Å². The van der Waals surface area contributed by atoms with E-state index in [1.54, 1.807) is 23.1 Å². The van der Waals surface area contributed by atoms with Gasteiger partial charge < -0.3 is 0 Å². The van der Waals surface area contributed by atoms with Crippen molar-refractivity contribution in [1.29, 1.82) is 0 Å². The molecule has 81 heavy (non-hydrogen) atoms. The summed E-state index contributed by atoms with van der Waals surface area (Å²) in [6, 6.07) is 65.0. The van der Waals surface area contributed by atoms with Crippen molar-refractivity contribution in [2.75, 3.05) is 0 Å². The Morgan fingerprint density at radius 2 is 0.630 bits per heavy atom. The monoisotopic (exact) mass is 1080 g/mol. The molecule has 0 spiro atoms. The maximum Gasteiger partial charge on any atom is -0.00184 e. The van der Waals surface area contributed by atoms with Crippen molar-refractivity contribution in [3.8, 4) is 0 Å². The minimum Gasteiger partial charge on any atom is -0.0622 e. The number of fused-ring (bicyclic) bond motifs is 3. The second kappa shape index (κ2) is 25.9.